The maximum atomic E-state index is 11.9. The maximum Gasteiger partial charge on any atom is 0.307 e. The molecule has 0 aromatic heterocycles. The number of allylic oxidation sites excluding steroid dienone is 8. The number of rotatable bonds is 34. The van der Waals surface area contributed by atoms with E-state index in [1.807, 2.05) is 6.92 Å². The molecule has 0 aromatic rings. The molecule has 0 aliphatic heterocycles. The van der Waals surface area contributed by atoms with Crippen molar-refractivity contribution in [2.45, 2.75) is 181 Å². The molecule has 0 fully saturated rings. The second kappa shape index (κ2) is 37.6. The molecule has 0 saturated carbocycles. The van der Waals surface area contributed by atoms with Gasteiger partial charge in [-0.1, -0.05) is 140 Å². The molecule has 44 heavy (non-hydrogen) atoms. The Hall–Kier alpha value is -1.61. The summed E-state index contributed by atoms with van der Waals surface area (Å²) >= 11 is 0. The van der Waals surface area contributed by atoms with Crippen LogP contribution in [0.25, 0.3) is 0 Å². The first kappa shape index (κ1) is 42.4. The van der Waals surface area contributed by atoms with Crippen LogP contribution in [0.1, 0.15) is 181 Å². The highest BCUT2D eigenvalue weighted by atomic mass is 16.5. The Labute approximate surface area is 276 Å². The minimum atomic E-state index is -0.0495. The summed E-state index contributed by atoms with van der Waals surface area (Å²) in [6, 6.07) is 0. The van der Waals surface area contributed by atoms with E-state index < -0.39 is 0 Å². The standard InChI is InChI=1S/C41H75NO2/c1-4-7-9-11-13-15-17-19-21-23-25-27-29-31-33-35-38-42(40-37-41(43)44-6-3)39-36-34-32-30-28-26-24-22-20-18-16-14-12-10-8-5-2/h13-16,19-22H,4-12,17-18,23-40H2,1-3H3. The lowest BCUT2D eigenvalue weighted by atomic mass is 10.1. The molecule has 0 radical (unpaired) electrons. The maximum absolute atomic E-state index is 11.9. The Kier molecular flexibility index (Phi) is 36.2. The van der Waals surface area contributed by atoms with Crippen LogP contribution in [0.5, 0.6) is 0 Å². The summed E-state index contributed by atoms with van der Waals surface area (Å²) in [5.41, 5.74) is 0. The molecule has 0 atom stereocenters. The van der Waals surface area contributed by atoms with E-state index in [0.717, 1.165) is 32.5 Å². The summed E-state index contributed by atoms with van der Waals surface area (Å²) in [6.45, 7) is 9.98. The highest BCUT2D eigenvalue weighted by molar-refractivity contribution is 5.69. The first-order valence-corrected chi connectivity index (χ1v) is 19.2. The molecule has 0 rings (SSSR count). The van der Waals surface area contributed by atoms with Crippen molar-refractivity contribution in [2.24, 2.45) is 0 Å². The summed E-state index contributed by atoms with van der Waals surface area (Å²) < 4.78 is 5.18. The van der Waals surface area contributed by atoms with Gasteiger partial charge in [-0.3, -0.25) is 4.79 Å². The predicted octanol–water partition coefficient (Wildman–Crippen LogP) is 12.9. The zero-order valence-corrected chi connectivity index (χ0v) is 29.9. The van der Waals surface area contributed by atoms with Gasteiger partial charge in [-0.05, 0) is 97.1 Å². The predicted molar refractivity (Wildman–Crippen MR) is 196 cm³/mol. The number of ether oxygens (including phenoxy) is 1. The SMILES string of the molecule is CCCCCC=CCC=CCCCCCCCCN(CCCCCCCCC=CCC=CCCCCC)CCC(=O)OCC. The minimum Gasteiger partial charge on any atom is -0.466 e. The fraction of sp³-hybridized carbons (Fsp3) is 0.780. The monoisotopic (exact) mass is 614 g/mol. The number of carbonyl (C=O) groups is 1. The minimum absolute atomic E-state index is 0.0495. The van der Waals surface area contributed by atoms with Crippen LogP contribution in [-0.2, 0) is 9.53 Å². The van der Waals surface area contributed by atoms with Gasteiger partial charge in [0.1, 0.15) is 0 Å². The lowest BCUT2D eigenvalue weighted by Gasteiger charge is -2.22. The Morgan fingerprint density at radius 3 is 1.20 bits per heavy atom. The molecule has 256 valence electrons. The third-order valence-electron chi connectivity index (χ3n) is 8.29. The van der Waals surface area contributed by atoms with E-state index in [-0.39, 0.29) is 5.97 Å². The smallest absolute Gasteiger partial charge is 0.307 e. The average Bonchev–Trinajstić information content (AvgIpc) is 3.02. The first-order valence-electron chi connectivity index (χ1n) is 19.2. The molecule has 0 N–H and O–H groups in total. The van der Waals surface area contributed by atoms with E-state index >= 15 is 0 Å². The number of hydrogen-bond donors (Lipinski definition) is 0. The number of carbonyl (C=O) groups excluding carboxylic acids is 1. The third-order valence-corrected chi connectivity index (χ3v) is 8.29. The van der Waals surface area contributed by atoms with E-state index in [9.17, 15) is 4.79 Å². The summed E-state index contributed by atoms with van der Waals surface area (Å²) in [6.07, 6.45) is 50.1. The normalized spacial score (nSPS) is 12.3. The molecule has 0 aliphatic rings. The second-order valence-corrected chi connectivity index (χ2v) is 12.6. The molecule has 3 heteroatoms. The summed E-state index contributed by atoms with van der Waals surface area (Å²) in [5.74, 6) is -0.0495. The van der Waals surface area contributed by atoms with Gasteiger partial charge in [0.25, 0.3) is 0 Å². The van der Waals surface area contributed by atoms with E-state index in [0.29, 0.717) is 13.0 Å². The summed E-state index contributed by atoms with van der Waals surface area (Å²) in [5, 5.41) is 0. The number of esters is 1. The van der Waals surface area contributed by atoms with E-state index in [1.165, 1.54) is 141 Å². The highest BCUT2D eigenvalue weighted by Gasteiger charge is 2.09. The highest BCUT2D eigenvalue weighted by Crippen LogP contribution is 2.12. The molecular weight excluding hydrogens is 538 g/mol. The summed E-state index contributed by atoms with van der Waals surface area (Å²) in [7, 11) is 0. The number of nitrogens with zero attached hydrogens (tertiary/aromatic N) is 1. The van der Waals surface area contributed by atoms with Gasteiger partial charge < -0.3 is 9.64 Å². The van der Waals surface area contributed by atoms with Crippen molar-refractivity contribution >= 4 is 5.97 Å². The topological polar surface area (TPSA) is 29.5 Å². The third kappa shape index (κ3) is 34.9. The van der Waals surface area contributed by atoms with Crippen LogP contribution in [0.15, 0.2) is 48.6 Å². The van der Waals surface area contributed by atoms with Crippen molar-refractivity contribution in [2.75, 3.05) is 26.2 Å². The fourth-order valence-electron chi connectivity index (χ4n) is 5.47. The van der Waals surface area contributed by atoms with Crippen LogP contribution >= 0.6 is 0 Å². The van der Waals surface area contributed by atoms with Gasteiger partial charge in [-0.15, -0.1) is 0 Å². The van der Waals surface area contributed by atoms with Crippen LogP contribution in [0.2, 0.25) is 0 Å². The number of unbranched alkanes of at least 4 members (excludes halogenated alkanes) is 18. The van der Waals surface area contributed by atoms with E-state index in [2.05, 4.69) is 67.4 Å². The molecule has 0 aromatic carbocycles. The Morgan fingerprint density at radius 1 is 0.455 bits per heavy atom. The lowest BCUT2D eigenvalue weighted by molar-refractivity contribution is -0.143. The molecule has 0 bridgehead atoms. The van der Waals surface area contributed by atoms with Crippen molar-refractivity contribution < 1.29 is 9.53 Å². The van der Waals surface area contributed by atoms with Crippen LogP contribution in [0, 0.1) is 0 Å². The first-order chi connectivity index (χ1) is 21.7. The van der Waals surface area contributed by atoms with Gasteiger partial charge in [-0.25, -0.2) is 0 Å². The lowest BCUT2D eigenvalue weighted by Crippen LogP contribution is -2.29. The molecule has 0 saturated heterocycles. The van der Waals surface area contributed by atoms with Crippen LogP contribution < -0.4 is 0 Å². The van der Waals surface area contributed by atoms with Gasteiger partial charge in [0.2, 0.25) is 0 Å². The van der Waals surface area contributed by atoms with Crippen molar-refractivity contribution in [3.8, 4) is 0 Å². The van der Waals surface area contributed by atoms with Crippen LogP contribution in [0.3, 0.4) is 0 Å². The Morgan fingerprint density at radius 2 is 0.818 bits per heavy atom. The van der Waals surface area contributed by atoms with Crippen molar-refractivity contribution in [3.63, 3.8) is 0 Å². The molecule has 3 nitrogen and oxygen atoms in total. The average molecular weight is 614 g/mol. The zero-order chi connectivity index (χ0) is 32.0. The second-order valence-electron chi connectivity index (χ2n) is 12.6. The fourth-order valence-corrected chi connectivity index (χ4v) is 5.47. The molecule has 0 heterocycles. The van der Waals surface area contributed by atoms with Crippen molar-refractivity contribution in [1.29, 1.82) is 0 Å². The van der Waals surface area contributed by atoms with Gasteiger partial charge in [0, 0.05) is 6.54 Å². The van der Waals surface area contributed by atoms with Crippen LogP contribution in [0.4, 0.5) is 0 Å². The van der Waals surface area contributed by atoms with Gasteiger partial charge in [0.05, 0.1) is 13.0 Å². The zero-order valence-electron chi connectivity index (χ0n) is 29.9. The van der Waals surface area contributed by atoms with Gasteiger partial charge >= 0.3 is 5.97 Å². The molecule has 0 amide bonds. The van der Waals surface area contributed by atoms with Gasteiger partial charge in [-0.2, -0.15) is 0 Å². The molecular formula is C41H75NO2. The molecule has 0 spiro atoms. The number of hydrogen-bond acceptors (Lipinski definition) is 3. The molecule has 0 unspecified atom stereocenters. The summed E-state index contributed by atoms with van der Waals surface area (Å²) in [4.78, 5) is 14.4. The Bertz CT molecular complexity index is 645. The van der Waals surface area contributed by atoms with Crippen molar-refractivity contribution in [3.05, 3.63) is 48.6 Å². The van der Waals surface area contributed by atoms with E-state index in [1.54, 1.807) is 0 Å². The molecule has 0 aliphatic carbocycles. The van der Waals surface area contributed by atoms with E-state index in [4.69, 9.17) is 4.74 Å². The largest absolute Gasteiger partial charge is 0.466 e. The quantitative estimate of drug-likeness (QED) is 0.0411. The van der Waals surface area contributed by atoms with Gasteiger partial charge in [0.15, 0.2) is 0 Å². The van der Waals surface area contributed by atoms with Crippen LogP contribution in [-0.4, -0.2) is 37.1 Å². The van der Waals surface area contributed by atoms with Crippen molar-refractivity contribution in [1.82, 2.24) is 4.90 Å². The Balaban J connectivity index is 3.87.